The maximum Gasteiger partial charge on any atom is 0.416 e. The van der Waals surface area contributed by atoms with E-state index in [1.54, 1.807) is 57.5 Å². The second kappa shape index (κ2) is 40.7. The average molecular weight is 1510 g/mol. The monoisotopic (exact) mass is 1510 g/mol. The number of nitrogens with zero attached hydrogens (tertiary/aromatic N) is 9. The number of halogens is 5. The van der Waals surface area contributed by atoms with Crippen LogP contribution in [0.15, 0.2) is 164 Å². The van der Waals surface area contributed by atoms with E-state index in [9.17, 15) is 17.6 Å². The molecule has 0 N–H and O–H groups in total. The van der Waals surface area contributed by atoms with Crippen LogP contribution in [0.3, 0.4) is 0 Å². The number of aromatic nitrogens is 7. The second-order valence-electron chi connectivity index (χ2n) is 31.0. The summed E-state index contributed by atoms with van der Waals surface area (Å²) in [6, 6.07) is 34.4. The van der Waals surface area contributed by atoms with Gasteiger partial charge in [-0.15, -0.1) is 45.3 Å². The van der Waals surface area contributed by atoms with Crippen LogP contribution in [0.2, 0.25) is 5.02 Å². The summed E-state index contributed by atoms with van der Waals surface area (Å²) in [5.74, 6) is 5.77. The number of benzene rings is 4. The molecular weight excluding hydrogens is 1400 g/mol. The summed E-state index contributed by atoms with van der Waals surface area (Å²) in [5, 5.41) is 22.7. The van der Waals surface area contributed by atoms with E-state index in [4.69, 9.17) is 16.1 Å². The Morgan fingerprint density at radius 3 is 1.41 bits per heavy atom. The fourth-order valence-corrected chi connectivity index (χ4v) is 13.9. The zero-order valence-electron chi connectivity index (χ0n) is 65.0. The highest BCUT2D eigenvalue weighted by Crippen LogP contribution is 2.39. The van der Waals surface area contributed by atoms with Gasteiger partial charge in [-0.25, -0.2) is 34.3 Å². The van der Waals surface area contributed by atoms with Gasteiger partial charge in [0.25, 0.3) is 0 Å². The average Bonchev–Trinajstić information content (AvgIpc) is 1.71. The normalized spacial score (nSPS) is 13.6. The molecule has 10 nitrogen and oxygen atoms in total. The molecule has 0 spiro atoms. The molecule has 7 heterocycles. The Kier molecular flexibility index (Phi) is 33.6. The molecule has 10 aromatic rings. The second-order valence-corrected chi connectivity index (χ2v) is 35.0. The molecule has 1 unspecified atom stereocenters. The summed E-state index contributed by atoms with van der Waals surface area (Å²) in [7, 11) is 2.02. The number of thiazole rings is 4. The molecule has 104 heavy (non-hydrogen) atoms. The third-order valence-electron chi connectivity index (χ3n) is 16.2. The largest absolute Gasteiger partial charge is 0.416 e. The molecule has 1 saturated carbocycles. The van der Waals surface area contributed by atoms with Gasteiger partial charge in [0.05, 0.1) is 54.1 Å². The molecule has 4 aromatic carbocycles. The summed E-state index contributed by atoms with van der Waals surface area (Å²) < 4.78 is 57.2. The van der Waals surface area contributed by atoms with Gasteiger partial charge in [-0.3, -0.25) is 0 Å². The minimum atomic E-state index is -4.27. The van der Waals surface area contributed by atoms with Gasteiger partial charge in [0.2, 0.25) is 5.70 Å². The van der Waals surface area contributed by atoms with E-state index in [-0.39, 0.29) is 17.3 Å². The Bertz CT molecular complexity index is 4170. The summed E-state index contributed by atoms with van der Waals surface area (Å²) in [6.07, 6.45) is 6.72. The number of allylic oxidation sites excluding steroid dienone is 1. The fraction of sp³-hybridized carbons (Fsp3) is 0.471. The Labute approximate surface area is 639 Å². The van der Waals surface area contributed by atoms with Crippen LogP contribution in [0.25, 0.3) is 0 Å². The third-order valence-corrected chi connectivity index (χ3v) is 21.2. The van der Waals surface area contributed by atoms with Gasteiger partial charge in [-0.05, 0) is 94.5 Å². The molecule has 560 valence electrons. The number of rotatable bonds is 17. The number of hydrogen-bond donors (Lipinski definition) is 0. The zero-order chi connectivity index (χ0) is 76.6. The predicted octanol–water partition coefficient (Wildman–Crippen LogP) is 26.1. The van der Waals surface area contributed by atoms with Crippen molar-refractivity contribution < 1.29 is 26.8 Å². The summed E-state index contributed by atoms with van der Waals surface area (Å²) in [4.78, 5) is 27.1. The Morgan fingerprint density at radius 2 is 0.990 bits per heavy atom. The van der Waals surface area contributed by atoms with Gasteiger partial charge in [-0.2, -0.15) is 13.2 Å². The minimum Gasteiger partial charge on any atom is -0.361 e. The van der Waals surface area contributed by atoms with Crippen molar-refractivity contribution in [2.75, 3.05) is 7.05 Å². The summed E-state index contributed by atoms with van der Waals surface area (Å²) >= 11 is 12.8. The lowest BCUT2D eigenvalue weighted by Crippen LogP contribution is -2.11. The van der Waals surface area contributed by atoms with Crippen molar-refractivity contribution in [1.82, 2.24) is 35.1 Å². The van der Waals surface area contributed by atoms with E-state index < -0.39 is 11.7 Å². The molecule has 12 rings (SSSR count). The molecule has 6 aromatic heterocycles. The van der Waals surface area contributed by atoms with E-state index in [2.05, 4.69) is 237 Å². The number of hydrogen-bond acceptors (Lipinski definition) is 13. The molecule has 19 heteroatoms. The Morgan fingerprint density at radius 1 is 0.519 bits per heavy atom. The van der Waals surface area contributed by atoms with Gasteiger partial charge in [0.15, 0.2) is 7.05 Å². The maximum atomic E-state index is 12.7. The fourth-order valence-electron chi connectivity index (χ4n) is 10.2. The van der Waals surface area contributed by atoms with Gasteiger partial charge in [-0.1, -0.05) is 227 Å². The van der Waals surface area contributed by atoms with Gasteiger partial charge in [0.1, 0.15) is 23.4 Å². The zero-order valence-corrected chi connectivity index (χ0v) is 69.1. The molecule has 0 amide bonds. The Hall–Kier alpha value is -6.96. The van der Waals surface area contributed by atoms with Crippen LogP contribution in [0.4, 0.5) is 17.6 Å². The first-order valence-corrected chi connectivity index (χ1v) is 40.2. The van der Waals surface area contributed by atoms with Crippen LogP contribution >= 0.6 is 56.9 Å². The van der Waals surface area contributed by atoms with Crippen molar-refractivity contribution in [3.8, 4) is 0 Å². The van der Waals surface area contributed by atoms with E-state index in [1.165, 1.54) is 91.7 Å². The standard InChI is InChI=1S/C14H18ClN2.C14H14F3NS.C13H14FNO.C13H15NS.C11H19NS.C10H14N2.C10H17NS/c1-10(2)14-9-13(16-17(14)3)8-11-4-6-12(15)7-5-11;1-9(2)13-18-12(8-19-13)7-10-3-5-11(6-4-10)14(15,16)17;1-9(2)13-8-12(15-16-13)7-10-3-5-11(14)6-4-10;1-10(2)13-14-12(9-15-13)8-11-6-4-3-5-7-11;1-8(2)10-12-9(7-13-10)6-11(3,4)5;1-7(2)10-11-6-5-9(12-10)8-3-4-8;1-7(2)9-11-8(6-12-9)10(3,4)5/h4-7,9-10,13H,8H2,1-3H3;3-6,8-9H,7H2,1-2H3;3-6,8-9H,7H2,1-2H3;3-7,9-10H,8H2,1-2H3;7-8H,6H2,1-5H3;5-8H,3-4H2,1-2H3;6-7H,1-5H3/q+1;;;;;;. The van der Waals surface area contributed by atoms with E-state index >= 15 is 0 Å². The maximum absolute atomic E-state index is 12.7. The van der Waals surface area contributed by atoms with Crippen LogP contribution in [-0.2, 0) is 43.7 Å². The molecule has 0 bridgehead atoms. The van der Waals surface area contributed by atoms with Gasteiger partial charge >= 0.3 is 6.18 Å². The van der Waals surface area contributed by atoms with Crippen LogP contribution in [0.1, 0.15) is 286 Å². The van der Waals surface area contributed by atoms with Crippen molar-refractivity contribution in [3.05, 3.63) is 259 Å². The highest BCUT2D eigenvalue weighted by Gasteiger charge is 2.31. The van der Waals surface area contributed by atoms with Crippen LogP contribution < -0.4 is 0 Å². The molecule has 0 radical (unpaired) electrons. The molecule has 1 aliphatic heterocycles. The first-order chi connectivity index (χ1) is 48.9. The lowest BCUT2D eigenvalue weighted by molar-refractivity contribution is -0.518. The first-order valence-electron chi connectivity index (χ1n) is 36.3. The minimum absolute atomic E-state index is 0.198. The molecular formula is C85H111ClF4N9OS4+. The van der Waals surface area contributed by atoms with Crippen molar-refractivity contribution in [3.63, 3.8) is 0 Å². The SMILES string of the molecule is CC(C)C1=CC(Cc2ccc(Cl)cc2)N=[N+]1C.CC(C)c1cc(Cc2ccc(F)cc2)no1.CC(C)c1nc(C(C)(C)C)cs1.CC(C)c1nc(CC(C)(C)C)cs1.CC(C)c1nc(Cc2ccc(C(F)(F)F)cc2)cs1.CC(C)c1nc(Cc2ccccc2)cs1.CC(C)c1nccc(C2CC2)n1. The molecule has 1 aliphatic carbocycles. The van der Waals surface area contributed by atoms with Crippen molar-refractivity contribution in [2.45, 2.75) is 242 Å². The number of azo groups is 2. The topological polar surface area (TPSA) is 119 Å². The predicted molar refractivity (Wildman–Crippen MR) is 429 cm³/mol. The summed E-state index contributed by atoms with van der Waals surface area (Å²) in [5.41, 5.74) is 12.4. The van der Waals surface area contributed by atoms with Crippen LogP contribution in [-0.4, -0.2) is 52.8 Å². The van der Waals surface area contributed by atoms with Gasteiger partial charge in [0, 0.05) is 129 Å². The number of alkyl halides is 3. The lowest BCUT2D eigenvalue weighted by Gasteiger charge is -2.15. The third kappa shape index (κ3) is 30.5. The van der Waals surface area contributed by atoms with Crippen molar-refractivity contribution in [2.24, 2.45) is 16.4 Å². The molecule has 1 atom stereocenters. The highest BCUT2D eigenvalue weighted by molar-refractivity contribution is 7.10. The van der Waals surface area contributed by atoms with E-state index in [0.29, 0.717) is 59.7 Å². The molecule has 0 saturated heterocycles. The summed E-state index contributed by atoms with van der Waals surface area (Å²) in [6.45, 7) is 43.4. The van der Waals surface area contributed by atoms with E-state index in [0.717, 1.165) is 81.4 Å². The highest BCUT2D eigenvalue weighted by atomic mass is 35.5. The molecule has 1 fully saturated rings. The Balaban J connectivity index is 0.000000191. The smallest absolute Gasteiger partial charge is 0.361 e. The van der Waals surface area contributed by atoms with Crippen molar-refractivity contribution in [1.29, 1.82) is 0 Å². The van der Waals surface area contributed by atoms with Crippen molar-refractivity contribution >= 4 is 56.9 Å². The van der Waals surface area contributed by atoms with E-state index in [1.807, 2.05) is 53.7 Å². The lowest BCUT2D eigenvalue weighted by atomic mass is 9.91. The molecule has 2 aliphatic rings. The first kappa shape index (κ1) is 86.0. The van der Waals surface area contributed by atoms with Gasteiger partial charge < -0.3 is 4.52 Å². The quantitative estimate of drug-likeness (QED) is 0.0653. The van der Waals surface area contributed by atoms with Crippen LogP contribution in [0.5, 0.6) is 0 Å². The van der Waals surface area contributed by atoms with Crippen LogP contribution in [0, 0.1) is 17.2 Å².